The highest BCUT2D eigenvalue weighted by Crippen LogP contribution is 2.25. The van der Waals surface area contributed by atoms with Crippen LogP contribution in [-0.4, -0.2) is 17.6 Å². The van der Waals surface area contributed by atoms with Crippen molar-refractivity contribution in [2.45, 2.75) is 6.92 Å². The Labute approximate surface area is 102 Å². The van der Waals surface area contributed by atoms with Crippen LogP contribution in [0.1, 0.15) is 6.92 Å². The summed E-state index contributed by atoms with van der Waals surface area (Å²) in [4.78, 5) is 10.6. The van der Waals surface area contributed by atoms with Crippen LogP contribution >= 0.6 is 27.5 Å². The smallest absolute Gasteiger partial charge is 0.308 e. The average molecular weight is 293 g/mol. The monoisotopic (exact) mass is 291 g/mol. The molecule has 0 saturated carbocycles. The quantitative estimate of drug-likeness (QED) is 0.896. The third-order valence-corrected chi connectivity index (χ3v) is 3.19. The molecular formula is C10H11BrClNO2. The van der Waals surface area contributed by atoms with E-state index in [0.717, 1.165) is 10.2 Å². The molecular weight excluding hydrogens is 281 g/mol. The van der Waals surface area contributed by atoms with E-state index < -0.39 is 11.9 Å². The molecule has 0 aliphatic rings. The number of carboxylic acids is 1. The second-order valence-corrected chi connectivity index (χ2v) is 4.51. The van der Waals surface area contributed by atoms with E-state index in [1.165, 1.54) is 0 Å². The van der Waals surface area contributed by atoms with Gasteiger partial charge in [0.05, 0.1) is 10.9 Å². The highest BCUT2D eigenvalue weighted by atomic mass is 79.9. The summed E-state index contributed by atoms with van der Waals surface area (Å²) < 4.78 is 0.820. The molecule has 0 aliphatic heterocycles. The Hall–Kier alpha value is -0.740. The lowest BCUT2D eigenvalue weighted by Crippen LogP contribution is -2.19. The van der Waals surface area contributed by atoms with Gasteiger partial charge in [0.2, 0.25) is 0 Å². The van der Waals surface area contributed by atoms with E-state index in [0.29, 0.717) is 11.6 Å². The van der Waals surface area contributed by atoms with Crippen molar-refractivity contribution < 1.29 is 9.90 Å². The van der Waals surface area contributed by atoms with Gasteiger partial charge >= 0.3 is 5.97 Å². The number of hydrogen-bond donors (Lipinski definition) is 2. The molecule has 0 radical (unpaired) electrons. The Kier molecular flexibility index (Phi) is 4.42. The van der Waals surface area contributed by atoms with Crippen molar-refractivity contribution in [2.75, 3.05) is 11.9 Å². The van der Waals surface area contributed by atoms with E-state index in [1.54, 1.807) is 13.0 Å². The molecule has 15 heavy (non-hydrogen) atoms. The molecule has 0 amide bonds. The van der Waals surface area contributed by atoms with Gasteiger partial charge in [0.1, 0.15) is 0 Å². The highest BCUT2D eigenvalue weighted by Gasteiger charge is 2.10. The Morgan fingerprint density at radius 1 is 1.67 bits per heavy atom. The van der Waals surface area contributed by atoms with E-state index >= 15 is 0 Å². The van der Waals surface area contributed by atoms with Crippen LogP contribution in [0.5, 0.6) is 0 Å². The molecule has 0 bridgehead atoms. The fraction of sp³-hybridized carbons (Fsp3) is 0.300. The minimum atomic E-state index is -0.814. The van der Waals surface area contributed by atoms with Gasteiger partial charge in [0.15, 0.2) is 0 Å². The molecule has 82 valence electrons. The number of halogens is 2. The van der Waals surface area contributed by atoms with E-state index in [4.69, 9.17) is 16.7 Å². The van der Waals surface area contributed by atoms with Gasteiger partial charge in [0.25, 0.3) is 0 Å². The van der Waals surface area contributed by atoms with Crippen molar-refractivity contribution in [3.8, 4) is 0 Å². The third-order valence-electron chi connectivity index (χ3n) is 1.95. The van der Waals surface area contributed by atoms with Gasteiger partial charge in [-0.25, -0.2) is 0 Å². The summed E-state index contributed by atoms with van der Waals surface area (Å²) in [6, 6.07) is 5.40. The number of benzene rings is 1. The molecule has 1 atom stereocenters. The van der Waals surface area contributed by atoms with Crippen molar-refractivity contribution in [1.82, 2.24) is 0 Å². The van der Waals surface area contributed by atoms with Gasteiger partial charge < -0.3 is 10.4 Å². The Morgan fingerprint density at radius 2 is 2.33 bits per heavy atom. The summed E-state index contributed by atoms with van der Waals surface area (Å²) in [5.74, 6) is -1.24. The van der Waals surface area contributed by atoms with Crippen molar-refractivity contribution in [3.05, 3.63) is 27.7 Å². The fourth-order valence-electron chi connectivity index (χ4n) is 0.964. The van der Waals surface area contributed by atoms with Crippen molar-refractivity contribution in [2.24, 2.45) is 5.92 Å². The summed E-state index contributed by atoms with van der Waals surface area (Å²) in [6.45, 7) is 2.03. The number of carboxylic acid groups (broad SMARTS) is 1. The maximum absolute atomic E-state index is 10.6. The van der Waals surface area contributed by atoms with Crippen LogP contribution in [0, 0.1) is 5.92 Å². The topological polar surface area (TPSA) is 49.3 Å². The Bertz CT molecular complexity index is 370. The minimum absolute atomic E-state index is 0.382. The molecule has 0 heterocycles. The predicted molar refractivity (Wildman–Crippen MR) is 64.4 cm³/mol. The molecule has 1 rings (SSSR count). The molecule has 0 aromatic heterocycles. The van der Waals surface area contributed by atoms with Gasteiger partial charge in [-0.05, 0) is 34.1 Å². The van der Waals surface area contributed by atoms with Crippen molar-refractivity contribution in [1.29, 1.82) is 0 Å². The zero-order valence-electron chi connectivity index (χ0n) is 8.13. The number of nitrogens with one attached hydrogen (secondary N) is 1. The Balaban J connectivity index is 2.58. The first-order chi connectivity index (χ1) is 7.00. The lowest BCUT2D eigenvalue weighted by Gasteiger charge is -2.10. The second kappa shape index (κ2) is 5.37. The largest absolute Gasteiger partial charge is 0.481 e. The zero-order chi connectivity index (χ0) is 11.4. The van der Waals surface area contributed by atoms with Gasteiger partial charge in [-0.3, -0.25) is 4.79 Å². The first-order valence-electron chi connectivity index (χ1n) is 4.42. The SMILES string of the molecule is CC(CNc1ccc(Br)c(Cl)c1)C(=O)O. The van der Waals surface area contributed by atoms with Crippen LogP contribution in [0.2, 0.25) is 5.02 Å². The molecule has 0 aliphatic carbocycles. The van der Waals surface area contributed by atoms with Gasteiger partial charge in [-0.2, -0.15) is 0 Å². The van der Waals surface area contributed by atoms with Crippen LogP contribution in [0.4, 0.5) is 5.69 Å². The minimum Gasteiger partial charge on any atom is -0.481 e. The third kappa shape index (κ3) is 3.72. The molecule has 1 aromatic rings. The summed E-state index contributed by atoms with van der Waals surface area (Å²) >= 11 is 9.17. The van der Waals surface area contributed by atoms with E-state index in [1.807, 2.05) is 12.1 Å². The number of aliphatic carboxylic acids is 1. The second-order valence-electron chi connectivity index (χ2n) is 3.25. The molecule has 0 spiro atoms. The summed E-state index contributed by atoms with van der Waals surface area (Å²) in [5.41, 5.74) is 0.816. The van der Waals surface area contributed by atoms with Crippen LogP contribution in [0.25, 0.3) is 0 Å². The molecule has 3 nitrogen and oxygen atoms in total. The van der Waals surface area contributed by atoms with E-state index in [9.17, 15) is 4.79 Å². The molecule has 1 unspecified atom stereocenters. The molecule has 5 heteroatoms. The Morgan fingerprint density at radius 3 is 2.87 bits per heavy atom. The van der Waals surface area contributed by atoms with E-state index in [-0.39, 0.29) is 0 Å². The molecule has 0 saturated heterocycles. The zero-order valence-corrected chi connectivity index (χ0v) is 10.5. The summed E-state index contributed by atoms with van der Waals surface area (Å²) in [6.07, 6.45) is 0. The molecule has 0 fully saturated rings. The van der Waals surface area contributed by atoms with Gasteiger partial charge in [-0.15, -0.1) is 0 Å². The van der Waals surface area contributed by atoms with Gasteiger partial charge in [0, 0.05) is 16.7 Å². The number of carbonyl (C=O) groups is 1. The first kappa shape index (κ1) is 12.3. The maximum Gasteiger partial charge on any atom is 0.308 e. The van der Waals surface area contributed by atoms with Gasteiger partial charge in [-0.1, -0.05) is 18.5 Å². The number of hydrogen-bond acceptors (Lipinski definition) is 2. The average Bonchev–Trinajstić information content (AvgIpc) is 2.19. The maximum atomic E-state index is 10.6. The van der Waals surface area contributed by atoms with E-state index in [2.05, 4.69) is 21.2 Å². The summed E-state index contributed by atoms with van der Waals surface area (Å²) in [5, 5.41) is 12.3. The normalized spacial score (nSPS) is 12.2. The van der Waals surface area contributed by atoms with Crippen LogP contribution < -0.4 is 5.32 Å². The lowest BCUT2D eigenvalue weighted by molar-refractivity contribution is -0.140. The number of rotatable bonds is 4. The standard InChI is InChI=1S/C10H11BrClNO2/c1-6(10(14)15)5-13-7-2-3-8(11)9(12)4-7/h2-4,6,13H,5H2,1H3,(H,14,15). The fourth-order valence-corrected chi connectivity index (χ4v) is 1.39. The van der Waals surface area contributed by atoms with Crippen molar-refractivity contribution in [3.63, 3.8) is 0 Å². The molecule has 1 aromatic carbocycles. The van der Waals surface area contributed by atoms with Crippen molar-refractivity contribution >= 4 is 39.2 Å². The lowest BCUT2D eigenvalue weighted by atomic mass is 10.2. The van der Waals surface area contributed by atoms with Crippen LogP contribution in [0.3, 0.4) is 0 Å². The highest BCUT2D eigenvalue weighted by molar-refractivity contribution is 9.10. The predicted octanol–water partition coefficient (Wildman–Crippen LogP) is 3.24. The first-order valence-corrected chi connectivity index (χ1v) is 5.59. The summed E-state index contributed by atoms with van der Waals surface area (Å²) in [7, 11) is 0. The van der Waals surface area contributed by atoms with Crippen LogP contribution in [-0.2, 0) is 4.79 Å². The molecule has 2 N–H and O–H groups in total. The number of anilines is 1. The van der Waals surface area contributed by atoms with Crippen LogP contribution in [0.15, 0.2) is 22.7 Å².